The normalized spacial score (nSPS) is 23.1. The smallest absolute Gasteiger partial charge is 0.258 e. The predicted molar refractivity (Wildman–Crippen MR) is 118 cm³/mol. The van der Waals surface area contributed by atoms with Crippen LogP contribution in [-0.4, -0.2) is 28.2 Å². The monoisotopic (exact) mass is 493 g/mol. The van der Waals surface area contributed by atoms with Crippen molar-refractivity contribution < 1.29 is 18.8 Å². The second-order valence-corrected chi connectivity index (χ2v) is 9.51. The zero-order chi connectivity index (χ0) is 22.3. The Kier molecular flexibility index (Phi) is 5.43. The predicted octanol–water partition coefficient (Wildman–Crippen LogP) is 4.98. The maximum atomic E-state index is 12.3. The number of nitrogens with zero attached hydrogens (tertiary/aromatic N) is 2. The molecule has 1 amide bonds. The molecular formula is C22H18Cl3N3O4. The van der Waals surface area contributed by atoms with Crippen molar-refractivity contribution in [2.45, 2.75) is 36.8 Å². The van der Waals surface area contributed by atoms with Crippen LogP contribution in [0.5, 0.6) is 11.5 Å². The number of benzene rings is 2. The summed E-state index contributed by atoms with van der Waals surface area (Å²) < 4.78 is 16.6. The third-order valence-electron chi connectivity index (χ3n) is 5.80. The number of rotatable bonds is 8. The van der Waals surface area contributed by atoms with Crippen molar-refractivity contribution in [3.05, 3.63) is 69.2 Å². The van der Waals surface area contributed by atoms with Crippen LogP contribution in [0.1, 0.15) is 31.0 Å². The molecule has 3 aliphatic carbocycles. The van der Waals surface area contributed by atoms with E-state index in [0.29, 0.717) is 38.3 Å². The Bertz CT molecular complexity index is 1150. The largest absolute Gasteiger partial charge is 0.485 e. The minimum absolute atomic E-state index is 0.0978. The second kappa shape index (κ2) is 8.14. The highest BCUT2D eigenvalue weighted by Gasteiger charge is 2.72. The van der Waals surface area contributed by atoms with E-state index in [-0.39, 0.29) is 30.1 Å². The van der Waals surface area contributed by atoms with Crippen molar-refractivity contribution in [3.63, 3.8) is 0 Å². The number of halogens is 3. The maximum Gasteiger partial charge on any atom is 0.258 e. The Morgan fingerprint density at radius 1 is 1.00 bits per heavy atom. The third kappa shape index (κ3) is 4.12. The van der Waals surface area contributed by atoms with Crippen LogP contribution in [0.15, 0.2) is 47.0 Å². The minimum Gasteiger partial charge on any atom is -0.485 e. The first-order chi connectivity index (χ1) is 15.3. The van der Waals surface area contributed by atoms with E-state index >= 15 is 0 Å². The molecule has 0 spiro atoms. The molecule has 0 unspecified atom stereocenters. The number of hydrogen-bond donors (Lipinski definition) is 1. The lowest BCUT2D eigenvalue weighted by Gasteiger charge is -2.68. The van der Waals surface area contributed by atoms with Gasteiger partial charge in [-0.3, -0.25) is 4.79 Å². The van der Waals surface area contributed by atoms with Gasteiger partial charge in [0.1, 0.15) is 11.5 Å². The molecule has 2 aromatic carbocycles. The summed E-state index contributed by atoms with van der Waals surface area (Å²) in [6, 6.07) is 11.9. The van der Waals surface area contributed by atoms with Gasteiger partial charge in [0.2, 0.25) is 11.7 Å². The van der Waals surface area contributed by atoms with Crippen LogP contribution in [0.4, 0.5) is 0 Å². The van der Waals surface area contributed by atoms with Crippen LogP contribution in [0, 0.1) is 0 Å². The van der Waals surface area contributed by atoms with Crippen molar-refractivity contribution in [1.82, 2.24) is 15.5 Å². The zero-order valence-electron chi connectivity index (χ0n) is 16.7. The lowest BCUT2D eigenvalue weighted by molar-refractivity contribution is -0.143. The fourth-order valence-corrected chi connectivity index (χ4v) is 4.82. The van der Waals surface area contributed by atoms with E-state index in [4.69, 9.17) is 48.8 Å². The zero-order valence-corrected chi connectivity index (χ0v) is 19.0. The SMILES string of the molecule is O=C(COc1ccc(Cl)c(Cl)c1)NC12CC(c3nc(COc4ccc(Cl)cc4)no3)(C1)C2. The molecule has 0 radical (unpaired) electrons. The average molecular weight is 495 g/mol. The first kappa shape index (κ1) is 21.4. The van der Waals surface area contributed by atoms with Gasteiger partial charge in [0.25, 0.3) is 5.91 Å². The molecule has 6 rings (SSSR count). The fraction of sp³-hybridized carbons (Fsp3) is 0.318. The van der Waals surface area contributed by atoms with Crippen LogP contribution >= 0.6 is 34.8 Å². The highest BCUT2D eigenvalue weighted by atomic mass is 35.5. The molecule has 0 atom stereocenters. The number of carbonyl (C=O) groups excluding carboxylic acids is 1. The summed E-state index contributed by atoms with van der Waals surface area (Å²) in [7, 11) is 0. The lowest BCUT2D eigenvalue weighted by Crippen LogP contribution is -2.77. The van der Waals surface area contributed by atoms with Gasteiger partial charge in [0.05, 0.1) is 15.5 Å². The standard InChI is InChI=1S/C22H18Cl3N3O4/c23-13-1-3-14(4-2-13)30-8-18-26-20(32-28-18)21-10-22(11-21,12-21)27-19(29)9-31-15-5-6-16(24)17(25)7-15/h1-7H,8-12H2,(H,27,29). The van der Waals surface area contributed by atoms with Crippen LogP contribution in [0.25, 0.3) is 0 Å². The first-order valence-corrected chi connectivity index (χ1v) is 11.1. The van der Waals surface area contributed by atoms with E-state index in [1.807, 2.05) is 0 Å². The van der Waals surface area contributed by atoms with Gasteiger partial charge < -0.3 is 19.3 Å². The molecule has 3 fully saturated rings. The summed E-state index contributed by atoms with van der Waals surface area (Å²) in [5, 5.41) is 8.53. The molecular weight excluding hydrogens is 477 g/mol. The molecule has 7 nitrogen and oxygen atoms in total. The van der Waals surface area contributed by atoms with Crippen LogP contribution in [0.2, 0.25) is 15.1 Å². The highest BCUT2D eigenvalue weighted by Crippen LogP contribution is 2.67. The van der Waals surface area contributed by atoms with Gasteiger partial charge in [-0.05, 0) is 55.7 Å². The van der Waals surface area contributed by atoms with Crippen LogP contribution < -0.4 is 14.8 Å². The number of hydrogen-bond acceptors (Lipinski definition) is 6. The minimum atomic E-state index is -0.230. The van der Waals surface area contributed by atoms with Crippen molar-refractivity contribution in [2.24, 2.45) is 0 Å². The molecule has 0 saturated heterocycles. The summed E-state index contributed by atoms with van der Waals surface area (Å²) >= 11 is 17.7. The summed E-state index contributed by atoms with van der Waals surface area (Å²) in [6.07, 6.45) is 2.29. The van der Waals surface area contributed by atoms with Gasteiger partial charge in [-0.25, -0.2) is 0 Å². The average Bonchev–Trinajstić information content (AvgIpc) is 3.19. The topological polar surface area (TPSA) is 86.5 Å². The number of carbonyl (C=O) groups is 1. The maximum absolute atomic E-state index is 12.3. The van der Waals surface area contributed by atoms with E-state index in [2.05, 4.69) is 15.5 Å². The van der Waals surface area contributed by atoms with Gasteiger partial charge in [-0.1, -0.05) is 40.0 Å². The first-order valence-electron chi connectivity index (χ1n) is 9.95. The van der Waals surface area contributed by atoms with E-state index < -0.39 is 0 Å². The van der Waals surface area contributed by atoms with Crippen molar-refractivity contribution in [2.75, 3.05) is 6.61 Å². The van der Waals surface area contributed by atoms with Gasteiger partial charge in [0, 0.05) is 16.6 Å². The number of ether oxygens (including phenoxy) is 2. The Balaban J connectivity index is 1.09. The van der Waals surface area contributed by atoms with Crippen molar-refractivity contribution >= 4 is 40.7 Å². The van der Waals surface area contributed by atoms with Crippen molar-refractivity contribution in [1.29, 1.82) is 0 Å². The molecule has 166 valence electrons. The molecule has 2 bridgehead atoms. The molecule has 32 heavy (non-hydrogen) atoms. The van der Waals surface area contributed by atoms with E-state index in [1.165, 1.54) is 0 Å². The summed E-state index contributed by atoms with van der Waals surface area (Å²) in [5.41, 5.74) is -0.393. The molecule has 3 aliphatic rings. The Labute approximate surface area is 198 Å². The van der Waals surface area contributed by atoms with E-state index in [0.717, 1.165) is 19.3 Å². The summed E-state index contributed by atoms with van der Waals surface area (Å²) in [4.78, 5) is 16.8. The lowest BCUT2D eigenvalue weighted by atomic mass is 9.39. The molecule has 3 saturated carbocycles. The molecule has 3 aromatic rings. The van der Waals surface area contributed by atoms with Crippen LogP contribution in [0.3, 0.4) is 0 Å². The van der Waals surface area contributed by atoms with Crippen molar-refractivity contribution in [3.8, 4) is 11.5 Å². The van der Waals surface area contributed by atoms with Gasteiger partial charge in [0.15, 0.2) is 13.2 Å². The second-order valence-electron chi connectivity index (χ2n) is 8.26. The molecule has 10 heteroatoms. The Morgan fingerprint density at radius 3 is 2.44 bits per heavy atom. The summed E-state index contributed by atoms with van der Waals surface area (Å²) in [6.45, 7) is 0.106. The van der Waals surface area contributed by atoms with Gasteiger partial charge >= 0.3 is 0 Å². The highest BCUT2D eigenvalue weighted by molar-refractivity contribution is 6.42. The third-order valence-corrected chi connectivity index (χ3v) is 6.79. The fourth-order valence-electron chi connectivity index (χ4n) is 4.40. The number of amides is 1. The van der Waals surface area contributed by atoms with Gasteiger partial charge in [-0.2, -0.15) is 4.98 Å². The number of nitrogens with one attached hydrogen (secondary N) is 1. The van der Waals surface area contributed by atoms with E-state index in [9.17, 15) is 4.79 Å². The van der Waals surface area contributed by atoms with E-state index in [1.54, 1.807) is 42.5 Å². The quantitative estimate of drug-likeness (QED) is 0.475. The Hall–Kier alpha value is -2.48. The molecule has 1 heterocycles. The molecule has 0 aliphatic heterocycles. The molecule has 1 N–H and O–H groups in total. The summed E-state index contributed by atoms with van der Waals surface area (Å²) in [5.74, 6) is 2.05. The Morgan fingerprint density at radius 2 is 1.72 bits per heavy atom. The van der Waals surface area contributed by atoms with Gasteiger partial charge in [-0.15, -0.1) is 0 Å². The molecule has 1 aromatic heterocycles. The van der Waals surface area contributed by atoms with Crippen LogP contribution in [-0.2, 0) is 16.8 Å². The number of aromatic nitrogens is 2.